The second kappa shape index (κ2) is 3.52. The lowest BCUT2D eigenvalue weighted by Gasteiger charge is -2.44. The highest BCUT2D eigenvalue weighted by Crippen LogP contribution is 2.28. The van der Waals surface area contributed by atoms with Crippen LogP contribution in [0.3, 0.4) is 0 Å². The summed E-state index contributed by atoms with van der Waals surface area (Å²) in [4.78, 5) is 0. The molecule has 0 spiro atoms. The van der Waals surface area contributed by atoms with Crippen LogP contribution in [0.1, 0.15) is 0 Å². The summed E-state index contributed by atoms with van der Waals surface area (Å²) in [5.74, 6) is 0.583. The smallest absolute Gasteiger partial charge is 0.112 e. The molecule has 3 N–H and O–H groups in total. The molecule has 0 amide bonds. The SMILES string of the molecule is C[Si-]1(C)c2cc(O)ccc2Nc2ccc(O)cc21. The molecule has 0 bridgehead atoms. The van der Waals surface area contributed by atoms with Gasteiger partial charge in [-0.15, -0.1) is 0 Å². The van der Waals surface area contributed by atoms with Crippen molar-refractivity contribution in [1.82, 2.24) is 0 Å². The minimum Gasteiger partial charge on any atom is -0.508 e. The number of phenolic OH excluding ortho intramolecular Hbond substituents is 2. The molecule has 93 valence electrons. The van der Waals surface area contributed by atoms with Crippen LogP contribution in [-0.2, 0) is 0 Å². The van der Waals surface area contributed by atoms with E-state index in [-0.39, 0.29) is 0 Å². The van der Waals surface area contributed by atoms with E-state index in [9.17, 15) is 10.2 Å². The Bertz CT molecular complexity index is 584. The fraction of sp³-hybridized carbons (Fsp3) is 0.143. The van der Waals surface area contributed by atoms with E-state index in [0.717, 1.165) is 11.4 Å². The number of aromatic hydroxyl groups is 2. The number of anilines is 2. The Morgan fingerprint density at radius 2 is 1.28 bits per heavy atom. The molecule has 0 saturated heterocycles. The number of phenols is 2. The molecule has 0 unspecified atom stereocenters. The molecule has 0 atom stereocenters. The summed E-state index contributed by atoms with van der Waals surface area (Å²) in [7, 11) is -1.88. The van der Waals surface area contributed by atoms with Gasteiger partial charge >= 0.3 is 0 Å². The van der Waals surface area contributed by atoms with Crippen molar-refractivity contribution in [3.05, 3.63) is 36.4 Å². The molecule has 0 saturated carbocycles. The van der Waals surface area contributed by atoms with Gasteiger partial charge < -0.3 is 15.5 Å². The fourth-order valence-corrected chi connectivity index (χ4v) is 5.55. The first-order valence-electron chi connectivity index (χ1n) is 5.92. The number of benzene rings is 2. The van der Waals surface area contributed by atoms with E-state index in [1.54, 1.807) is 12.1 Å². The molecule has 1 aliphatic rings. The van der Waals surface area contributed by atoms with Crippen molar-refractivity contribution in [3.63, 3.8) is 0 Å². The molecular weight excluding hydrogens is 242 g/mol. The van der Waals surface area contributed by atoms with Crippen molar-refractivity contribution in [2.24, 2.45) is 0 Å². The van der Waals surface area contributed by atoms with E-state index < -0.39 is 8.07 Å². The average Bonchev–Trinajstić information content (AvgIpc) is 2.32. The van der Waals surface area contributed by atoms with Crippen molar-refractivity contribution in [1.29, 1.82) is 0 Å². The van der Waals surface area contributed by atoms with Crippen LogP contribution in [0.2, 0.25) is 13.1 Å². The van der Waals surface area contributed by atoms with Gasteiger partial charge in [0.1, 0.15) is 11.5 Å². The Morgan fingerprint density at radius 1 is 0.833 bits per heavy atom. The van der Waals surface area contributed by atoms with Crippen LogP contribution < -0.4 is 15.7 Å². The normalized spacial score (nSPS) is 15.4. The quantitative estimate of drug-likeness (QED) is 0.499. The van der Waals surface area contributed by atoms with Crippen molar-refractivity contribution >= 4 is 29.8 Å². The molecule has 1 aliphatic heterocycles. The van der Waals surface area contributed by atoms with E-state index in [4.69, 9.17) is 0 Å². The molecule has 4 heteroatoms. The Labute approximate surface area is 107 Å². The van der Waals surface area contributed by atoms with Gasteiger partial charge in [-0.1, -0.05) is 8.07 Å². The Hall–Kier alpha value is -1.94. The second-order valence-electron chi connectivity index (χ2n) is 5.21. The van der Waals surface area contributed by atoms with Gasteiger partial charge in [-0.25, -0.2) is 0 Å². The van der Waals surface area contributed by atoms with Gasteiger partial charge in [0.25, 0.3) is 0 Å². The number of fused-ring (bicyclic) bond motifs is 2. The zero-order valence-corrected chi connectivity index (χ0v) is 11.4. The Morgan fingerprint density at radius 3 is 1.72 bits per heavy atom. The highest BCUT2D eigenvalue weighted by atomic mass is 28.3. The maximum absolute atomic E-state index is 9.67. The predicted molar refractivity (Wildman–Crippen MR) is 76.2 cm³/mol. The summed E-state index contributed by atoms with van der Waals surface area (Å²) in [6.07, 6.45) is 0. The summed E-state index contributed by atoms with van der Waals surface area (Å²) in [6.45, 7) is 4.45. The highest BCUT2D eigenvalue weighted by molar-refractivity contribution is 7.02. The maximum atomic E-state index is 9.67. The van der Waals surface area contributed by atoms with Crippen LogP contribution in [0.25, 0.3) is 0 Å². The zero-order chi connectivity index (χ0) is 12.9. The van der Waals surface area contributed by atoms with Crippen LogP contribution in [-0.4, -0.2) is 18.3 Å². The largest absolute Gasteiger partial charge is 0.508 e. The van der Waals surface area contributed by atoms with E-state index in [2.05, 4.69) is 18.4 Å². The molecule has 1 heterocycles. The van der Waals surface area contributed by atoms with Gasteiger partial charge in [-0.2, -0.15) is 23.5 Å². The molecule has 0 fully saturated rings. The molecule has 2 aromatic rings. The molecule has 0 radical (unpaired) electrons. The number of hydrogen-bond donors (Lipinski definition) is 3. The minimum atomic E-state index is -1.88. The Kier molecular flexibility index (Phi) is 2.19. The van der Waals surface area contributed by atoms with Crippen LogP contribution in [0, 0.1) is 0 Å². The van der Waals surface area contributed by atoms with E-state index in [0.29, 0.717) is 11.5 Å². The summed E-state index contributed by atoms with van der Waals surface area (Å²) in [6, 6.07) is 10.9. The zero-order valence-electron chi connectivity index (χ0n) is 10.4. The summed E-state index contributed by atoms with van der Waals surface area (Å²) >= 11 is 0. The Balaban J connectivity index is 2.27. The summed E-state index contributed by atoms with van der Waals surface area (Å²) in [5, 5.41) is 25.0. The molecule has 0 aromatic heterocycles. The number of rotatable bonds is 0. The van der Waals surface area contributed by atoms with Crippen molar-refractivity contribution in [2.75, 3.05) is 5.32 Å². The molecule has 2 aromatic carbocycles. The van der Waals surface area contributed by atoms with Crippen LogP contribution in [0.4, 0.5) is 11.4 Å². The van der Waals surface area contributed by atoms with Crippen molar-refractivity contribution < 1.29 is 10.2 Å². The number of nitrogens with one attached hydrogen (secondary N) is 1. The van der Waals surface area contributed by atoms with Crippen LogP contribution in [0.15, 0.2) is 36.4 Å². The molecule has 18 heavy (non-hydrogen) atoms. The first kappa shape index (κ1) is 11.2. The minimum absolute atomic E-state index is 0.291. The average molecular weight is 257 g/mol. The van der Waals surface area contributed by atoms with Crippen molar-refractivity contribution in [2.45, 2.75) is 13.1 Å². The van der Waals surface area contributed by atoms with Gasteiger partial charge in [0.05, 0.1) is 0 Å². The van der Waals surface area contributed by atoms with Gasteiger partial charge in [-0.3, -0.25) is 0 Å². The molecule has 3 nitrogen and oxygen atoms in total. The first-order chi connectivity index (χ1) is 8.48. The monoisotopic (exact) mass is 257 g/mol. The first-order valence-corrected chi connectivity index (χ1v) is 8.92. The van der Waals surface area contributed by atoms with Crippen molar-refractivity contribution in [3.8, 4) is 11.5 Å². The molecule has 0 aliphatic carbocycles. The molecular formula is C14H15NO2Si-. The maximum Gasteiger partial charge on any atom is 0.112 e. The van der Waals surface area contributed by atoms with Gasteiger partial charge in [0.15, 0.2) is 0 Å². The second-order valence-corrected chi connectivity index (χ2v) is 9.54. The van der Waals surface area contributed by atoms with Crippen LogP contribution in [0.5, 0.6) is 11.5 Å². The van der Waals surface area contributed by atoms with Crippen LogP contribution >= 0.6 is 0 Å². The van der Waals surface area contributed by atoms with Gasteiger partial charge in [0.2, 0.25) is 0 Å². The highest BCUT2D eigenvalue weighted by Gasteiger charge is 2.24. The third kappa shape index (κ3) is 1.49. The molecule has 3 rings (SSSR count). The summed E-state index contributed by atoms with van der Waals surface area (Å²) in [5.41, 5.74) is 2.12. The lowest BCUT2D eigenvalue weighted by Crippen LogP contribution is -2.56. The van der Waals surface area contributed by atoms with Gasteiger partial charge in [-0.05, 0) is 36.4 Å². The van der Waals surface area contributed by atoms with E-state index in [1.807, 2.05) is 24.3 Å². The summed E-state index contributed by atoms with van der Waals surface area (Å²) < 4.78 is 0. The lowest BCUT2D eigenvalue weighted by molar-refractivity contribution is 0.475. The predicted octanol–water partition coefficient (Wildman–Crippen LogP) is 1.98. The van der Waals surface area contributed by atoms with E-state index >= 15 is 0 Å². The fourth-order valence-electron chi connectivity index (χ4n) is 2.61. The standard InChI is InChI=1S/C14H15NO2Si/c1-18(2)13-7-9(16)3-5-11(13)15-12-6-4-10(17)8-14(12)18/h3-8,15-17H,1-2H3/q-1. The third-order valence-corrected chi connectivity index (χ3v) is 7.14. The lowest BCUT2D eigenvalue weighted by atomic mass is 10.2. The van der Waals surface area contributed by atoms with E-state index in [1.165, 1.54) is 10.4 Å². The van der Waals surface area contributed by atoms with Gasteiger partial charge in [0, 0.05) is 11.4 Å². The number of hydrogen-bond acceptors (Lipinski definition) is 3. The topological polar surface area (TPSA) is 52.5 Å². The third-order valence-electron chi connectivity index (χ3n) is 3.62.